The number of likely N-dealkylation sites (tertiary alicyclic amines) is 2. The van der Waals surface area contributed by atoms with Gasteiger partial charge in [0.25, 0.3) is 0 Å². The summed E-state index contributed by atoms with van der Waals surface area (Å²) in [5.41, 5.74) is 1.47. The quantitative estimate of drug-likeness (QED) is 0.481. The Morgan fingerprint density at radius 2 is 1.55 bits per heavy atom. The van der Waals surface area contributed by atoms with Crippen molar-refractivity contribution in [1.82, 2.24) is 15.0 Å². The number of nitrogens with zero attached hydrogens (tertiary/aromatic N) is 3. The molecule has 7 heteroatoms. The monoisotopic (exact) mass is 453 g/mol. The zero-order valence-electron chi connectivity index (χ0n) is 19.0. The number of carbonyl (C=O) groups excluding carboxylic acids is 2. The molecule has 0 radical (unpaired) electrons. The first kappa shape index (κ1) is 21.3. The highest BCUT2D eigenvalue weighted by molar-refractivity contribution is 6.05. The second-order valence-corrected chi connectivity index (χ2v) is 10.6. The molecular formula is C26H32FN3O3. The van der Waals surface area contributed by atoms with Crippen LogP contribution in [0.25, 0.3) is 11.0 Å². The number of hydrogen-bond donors (Lipinski definition) is 0. The van der Waals surface area contributed by atoms with Crippen LogP contribution in [0.15, 0.2) is 22.7 Å². The van der Waals surface area contributed by atoms with E-state index in [1.165, 1.54) is 12.1 Å². The van der Waals surface area contributed by atoms with E-state index in [1.54, 1.807) is 11.0 Å². The Morgan fingerprint density at radius 3 is 2.21 bits per heavy atom. The van der Waals surface area contributed by atoms with E-state index < -0.39 is 0 Å². The minimum Gasteiger partial charge on any atom is -0.356 e. The Bertz CT molecular complexity index is 1020. The van der Waals surface area contributed by atoms with E-state index in [2.05, 4.69) is 10.1 Å². The van der Waals surface area contributed by atoms with Gasteiger partial charge in [0.1, 0.15) is 5.82 Å². The number of fused-ring (bicyclic) bond motifs is 3. The Kier molecular flexibility index (Phi) is 5.47. The van der Waals surface area contributed by atoms with E-state index in [0.717, 1.165) is 82.1 Å². The Morgan fingerprint density at radius 1 is 0.909 bits per heavy atom. The van der Waals surface area contributed by atoms with Crippen LogP contribution in [-0.4, -0.2) is 52.9 Å². The first-order valence-corrected chi connectivity index (χ1v) is 12.7. The van der Waals surface area contributed by atoms with E-state index in [0.29, 0.717) is 29.9 Å². The van der Waals surface area contributed by atoms with Gasteiger partial charge in [-0.25, -0.2) is 4.39 Å². The van der Waals surface area contributed by atoms with Gasteiger partial charge < -0.3 is 9.42 Å². The standard InChI is InChI=1S/C26H32FN3O3/c27-19-7-8-20-21(15-19)33-28-24(20)18-9-13-29(14-10-18)11-1-2-12-30-25(31)22-16-3-4-17(6-5-16)23(22)26(30)32/h7-8,15-18,22-23H,1-6,9-14H2. The smallest absolute Gasteiger partial charge is 0.233 e. The maximum Gasteiger partial charge on any atom is 0.233 e. The van der Waals surface area contributed by atoms with Gasteiger partial charge in [0.05, 0.1) is 17.5 Å². The van der Waals surface area contributed by atoms with Crippen LogP contribution in [0.5, 0.6) is 0 Å². The lowest BCUT2D eigenvalue weighted by atomic mass is 9.59. The fourth-order valence-electron chi connectivity index (χ4n) is 7.11. The van der Waals surface area contributed by atoms with Crippen molar-refractivity contribution in [3.63, 3.8) is 0 Å². The molecule has 2 unspecified atom stereocenters. The number of halogens is 1. The number of amides is 2. The fraction of sp³-hybridized carbons (Fsp3) is 0.654. The van der Waals surface area contributed by atoms with Crippen LogP contribution in [0.4, 0.5) is 4.39 Å². The molecule has 2 saturated heterocycles. The average Bonchev–Trinajstić information content (AvgIpc) is 3.38. The van der Waals surface area contributed by atoms with Crippen LogP contribution in [0.1, 0.15) is 63.0 Å². The van der Waals surface area contributed by atoms with Gasteiger partial charge in [-0.15, -0.1) is 0 Å². The number of imide groups is 1. The number of rotatable bonds is 6. The predicted molar refractivity (Wildman–Crippen MR) is 121 cm³/mol. The van der Waals surface area contributed by atoms with Crippen molar-refractivity contribution in [3.8, 4) is 0 Å². The normalized spacial score (nSPS) is 30.5. The molecule has 5 aliphatic rings. The summed E-state index contributed by atoms with van der Waals surface area (Å²) in [6.07, 6.45) is 8.43. The molecule has 2 aliphatic heterocycles. The lowest BCUT2D eigenvalue weighted by Gasteiger charge is -2.42. The zero-order chi connectivity index (χ0) is 22.5. The highest BCUT2D eigenvalue weighted by Crippen LogP contribution is 2.52. The molecule has 0 N–H and O–H groups in total. The summed E-state index contributed by atoms with van der Waals surface area (Å²) >= 11 is 0. The van der Waals surface area contributed by atoms with Crippen LogP contribution in [0.3, 0.4) is 0 Å². The summed E-state index contributed by atoms with van der Waals surface area (Å²) in [5.74, 6) is 1.17. The highest BCUT2D eigenvalue weighted by Gasteiger charge is 2.57. The van der Waals surface area contributed by atoms with Crippen molar-refractivity contribution in [1.29, 1.82) is 0 Å². The SMILES string of the molecule is O=C1C2C3CCC(CC3)C2C(=O)N1CCCCN1CCC(c2noc3cc(F)ccc23)CC1. The molecule has 6 nitrogen and oxygen atoms in total. The van der Waals surface area contributed by atoms with Gasteiger partial charge in [-0.05, 0) is 95.0 Å². The first-order chi connectivity index (χ1) is 16.1. The first-order valence-electron chi connectivity index (χ1n) is 12.7. The van der Waals surface area contributed by atoms with Gasteiger partial charge >= 0.3 is 0 Å². The number of benzene rings is 1. The van der Waals surface area contributed by atoms with Crippen LogP contribution in [-0.2, 0) is 9.59 Å². The Hall–Kier alpha value is -2.28. The molecule has 2 atom stereocenters. The van der Waals surface area contributed by atoms with E-state index in [9.17, 15) is 14.0 Å². The highest BCUT2D eigenvalue weighted by atomic mass is 19.1. The number of piperidine rings is 1. The second kappa shape index (κ2) is 8.49. The fourth-order valence-corrected chi connectivity index (χ4v) is 7.11. The molecule has 5 fully saturated rings. The van der Waals surface area contributed by atoms with Gasteiger partial charge in [0.15, 0.2) is 5.58 Å². The molecule has 33 heavy (non-hydrogen) atoms. The number of aromatic nitrogens is 1. The average molecular weight is 454 g/mol. The van der Waals surface area contributed by atoms with Crippen LogP contribution in [0.2, 0.25) is 0 Å². The summed E-state index contributed by atoms with van der Waals surface area (Å²) in [4.78, 5) is 30.0. The lowest BCUT2D eigenvalue weighted by Crippen LogP contribution is -2.41. The molecular weight excluding hydrogens is 421 g/mol. The third kappa shape index (κ3) is 3.69. The Balaban J connectivity index is 0.975. The maximum atomic E-state index is 13.4. The largest absolute Gasteiger partial charge is 0.356 e. The topological polar surface area (TPSA) is 66.7 Å². The molecule has 176 valence electrons. The van der Waals surface area contributed by atoms with Gasteiger partial charge in [0.2, 0.25) is 11.8 Å². The van der Waals surface area contributed by atoms with Crippen molar-refractivity contribution in [2.75, 3.05) is 26.2 Å². The lowest BCUT2D eigenvalue weighted by molar-refractivity contribution is -0.140. The van der Waals surface area contributed by atoms with Crippen LogP contribution >= 0.6 is 0 Å². The van der Waals surface area contributed by atoms with Gasteiger partial charge in [-0.3, -0.25) is 14.5 Å². The predicted octanol–water partition coefficient (Wildman–Crippen LogP) is 4.35. The molecule has 3 aliphatic carbocycles. The second-order valence-electron chi connectivity index (χ2n) is 10.6. The van der Waals surface area contributed by atoms with E-state index >= 15 is 0 Å². The molecule has 3 heterocycles. The Labute approximate surface area is 193 Å². The van der Waals surface area contributed by atoms with Gasteiger partial charge in [-0.2, -0.15) is 0 Å². The van der Waals surface area contributed by atoms with Crippen LogP contribution in [0, 0.1) is 29.5 Å². The summed E-state index contributed by atoms with van der Waals surface area (Å²) < 4.78 is 18.8. The number of unbranched alkanes of at least 4 members (excludes halogenated alkanes) is 1. The molecule has 0 spiro atoms. The van der Waals surface area contributed by atoms with Crippen molar-refractivity contribution >= 4 is 22.8 Å². The zero-order valence-corrected chi connectivity index (χ0v) is 19.0. The summed E-state index contributed by atoms with van der Waals surface area (Å²) in [6.45, 7) is 3.57. The molecule has 2 amide bonds. The van der Waals surface area contributed by atoms with E-state index in [4.69, 9.17) is 4.52 Å². The minimum absolute atomic E-state index is 0.00636. The van der Waals surface area contributed by atoms with Crippen molar-refractivity contribution in [3.05, 3.63) is 29.7 Å². The van der Waals surface area contributed by atoms with Crippen molar-refractivity contribution < 1.29 is 18.5 Å². The maximum absolute atomic E-state index is 13.4. The van der Waals surface area contributed by atoms with Crippen molar-refractivity contribution in [2.24, 2.45) is 23.7 Å². The van der Waals surface area contributed by atoms with Gasteiger partial charge in [0, 0.05) is 23.9 Å². The van der Waals surface area contributed by atoms with Crippen LogP contribution < -0.4 is 0 Å². The number of carbonyl (C=O) groups is 2. The third-order valence-electron chi connectivity index (χ3n) is 8.86. The molecule has 2 aromatic rings. The molecule has 1 aromatic heterocycles. The van der Waals surface area contributed by atoms with Gasteiger partial charge in [-0.1, -0.05) is 5.16 Å². The molecule has 1 aromatic carbocycles. The summed E-state index contributed by atoms with van der Waals surface area (Å²) in [5, 5.41) is 5.16. The van der Waals surface area contributed by atoms with E-state index in [-0.39, 0.29) is 29.5 Å². The van der Waals surface area contributed by atoms with Crippen molar-refractivity contribution in [2.45, 2.75) is 57.3 Å². The van der Waals surface area contributed by atoms with E-state index in [1.807, 2.05) is 0 Å². The molecule has 7 rings (SSSR count). The number of hydrogen-bond acceptors (Lipinski definition) is 5. The minimum atomic E-state index is -0.302. The summed E-state index contributed by atoms with van der Waals surface area (Å²) in [6, 6.07) is 4.63. The summed E-state index contributed by atoms with van der Waals surface area (Å²) in [7, 11) is 0. The molecule has 2 bridgehead atoms. The third-order valence-corrected chi connectivity index (χ3v) is 8.86. The molecule has 3 saturated carbocycles.